The van der Waals surface area contributed by atoms with Gasteiger partial charge < -0.3 is 9.47 Å². The van der Waals surface area contributed by atoms with E-state index in [2.05, 4.69) is 9.71 Å². The highest BCUT2D eigenvalue weighted by molar-refractivity contribution is 7.92. The topological polar surface area (TPSA) is 94.6 Å². The van der Waals surface area contributed by atoms with Gasteiger partial charge in [0, 0.05) is 35.3 Å². The zero-order valence-electron chi connectivity index (χ0n) is 15.2. The Kier molecular flexibility index (Phi) is 5.60. The summed E-state index contributed by atoms with van der Waals surface area (Å²) in [5.74, 6) is 0.570. The maximum atomic E-state index is 12.6. The largest absolute Gasteiger partial charge is 0.493 e. The quantitative estimate of drug-likeness (QED) is 0.615. The van der Waals surface area contributed by atoms with Gasteiger partial charge in [0.1, 0.15) is 0 Å². The molecule has 1 heterocycles. The first kappa shape index (κ1) is 19.4. The second kappa shape index (κ2) is 8.10. The number of ketones is 1. The molecule has 8 heteroatoms. The molecule has 0 aliphatic heterocycles. The van der Waals surface area contributed by atoms with Crippen molar-refractivity contribution in [1.82, 2.24) is 4.98 Å². The first-order valence-corrected chi connectivity index (χ1v) is 9.72. The van der Waals surface area contributed by atoms with Gasteiger partial charge in [-0.25, -0.2) is 8.42 Å². The molecule has 0 radical (unpaired) electrons. The van der Waals surface area contributed by atoms with Crippen molar-refractivity contribution in [2.24, 2.45) is 0 Å². The van der Waals surface area contributed by atoms with Crippen molar-refractivity contribution in [3.8, 4) is 11.5 Å². The highest BCUT2D eigenvalue weighted by Crippen LogP contribution is 2.30. The predicted molar refractivity (Wildman–Crippen MR) is 104 cm³/mol. The summed E-state index contributed by atoms with van der Waals surface area (Å²) in [7, 11) is -0.933. The minimum atomic E-state index is -3.83. The number of nitrogens with one attached hydrogen (secondary N) is 1. The third-order valence-electron chi connectivity index (χ3n) is 4.01. The first-order chi connectivity index (χ1) is 13.4. The van der Waals surface area contributed by atoms with Crippen LogP contribution in [-0.4, -0.2) is 33.4 Å². The molecule has 0 saturated carbocycles. The number of hydrogen-bond donors (Lipinski definition) is 1. The second-order valence-electron chi connectivity index (χ2n) is 5.76. The van der Waals surface area contributed by atoms with Gasteiger partial charge in [-0.3, -0.25) is 14.5 Å². The SMILES string of the molecule is COc1ccc(S(=O)(=O)Nc2ccc(C(=O)c3ccncc3)cc2)cc1OC. The number of methoxy groups -OCH3 is 2. The fraction of sp³-hybridized carbons (Fsp3) is 0.100. The van der Waals surface area contributed by atoms with E-state index in [1.807, 2.05) is 0 Å². The Morgan fingerprint density at radius 1 is 0.857 bits per heavy atom. The molecule has 7 nitrogen and oxygen atoms in total. The zero-order valence-corrected chi connectivity index (χ0v) is 16.1. The Balaban J connectivity index is 1.81. The van der Waals surface area contributed by atoms with Gasteiger partial charge in [0.2, 0.25) is 0 Å². The Bertz CT molecular complexity index is 1080. The van der Waals surface area contributed by atoms with Crippen molar-refractivity contribution < 1.29 is 22.7 Å². The highest BCUT2D eigenvalue weighted by Gasteiger charge is 2.17. The number of carbonyl (C=O) groups is 1. The average molecular weight is 398 g/mol. The number of anilines is 1. The summed E-state index contributed by atoms with van der Waals surface area (Å²) >= 11 is 0. The van der Waals surface area contributed by atoms with E-state index in [1.165, 1.54) is 44.6 Å². The average Bonchev–Trinajstić information content (AvgIpc) is 2.73. The third-order valence-corrected chi connectivity index (χ3v) is 5.39. The van der Waals surface area contributed by atoms with Crippen LogP contribution in [0.15, 0.2) is 71.9 Å². The van der Waals surface area contributed by atoms with E-state index in [9.17, 15) is 13.2 Å². The summed E-state index contributed by atoms with van der Waals surface area (Å²) in [6.07, 6.45) is 3.08. The van der Waals surface area contributed by atoms with Gasteiger partial charge >= 0.3 is 0 Å². The summed E-state index contributed by atoms with van der Waals surface area (Å²) in [5.41, 5.74) is 1.29. The summed E-state index contributed by atoms with van der Waals surface area (Å²) in [5, 5.41) is 0. The van der Waals surface area contributed by atoms with Crippen molar-refractivity contribution in [2.45, 2.75) is 4.90 Å². The Labute approximate surface area is 163 Å². The molecule has 3 rings (SSSR count). The van der Waals surface area contributed by atoms with Gasteiger partial charge in [-0.1, -0.05) is 0 Å². The zero-order chi connectivity index (χ0) is 20.1. The number of pyridine rings is 1. The van der Waals surface area contributed by atoms with Crippen LogP contribution in [0.1, 0.15) is 15.9 Å². The lowest BCUT2D eigenvalue weighted by Gasteiger charge is -2.12. The molecule has 3 aromatic rings. The molecule has 0 saturated heterocycles. The lowest BCUT2D eigenvalue weighted by atomic mass is 10.0. The van der Waals surface area contributed by atoms with Crippen molar-refractivity contribution in [1.29, 1.82) is 0 Å². The molecule has 0 amide bonds. The number of nitrogens with zero attached hydrogens (tertiary/aromatic N) is 1. The minimum Gasteiger partial charge on any atom is -0.493 e. The van der Waals surface area contributed by atoms with Crippen LogP contribution in [0.4, 0.5) is 5.69 Å². The molecule has 1 aromatic heterocycles. The van der Waals surface area contributed by atoms with E-state index >= 15 is 0 Å². The van der Waals surface area contributed by atoms with Crippen molar-refractivity contribution in [3.05, 3.63) is 78.1 Å². The van der Waals surface area contributed by atoms with Crippen molar-refractivity contribution >= 4 is 21.5 Å². The van der Waals surface area contributed by atoms with Gasteiger partial charge in [0.25, 0.3) is 10.0 Å². The fourth-order valence-corrected chi connectivity index (χ4v) is 3.63. The molecule has 0 bridgehead atoms. The summed E-state index contributed by atoms with van der Waals surface area (Å²) in [6.45, 7) is 0. The lowest BCUT2D eigenvalue weighted by molar-refractivity contribution is 0.103. The van der Waals surface area contributed by atoms with Crippen LogP contribution in [-0.2, 0) is 10.0 Å². The van der Waals surface area contributed by atoms with Gasteiger partial charge in [-0.05, 0) is 48.5 Å². The molecule has 0 fully saturated rings. The molecule has 2 aromatic carbocycles. The van der Waals surface area contributed by atoms with Gasteiger partial charge in [0.05, 0.1) is 19.1 Å². The van der Waals surface area contributed by atoms with Crippen LogP contribution in [0, 0.1) is 0 Å². The second-order valence-corrected chi connectivity index (χ2v) is 7.45. The van der Waals surface area contributed by atoms with Crippen LogP contribution < -0.4 is 14.2 Å². The number of hydrogen-bond acceptors (Lipinski definition) is 6. The third kappa shape index (κ3) is 4.12. The summed E-state index contributed by atoms with van der Waals surface area (Å²) < 4.78 is 38.0. The van der Waals surface area contributed by atoms with Gasteiger partial charge in [-0.2, -0.15) is 0 Å². The molecule has 0 atom stereocenters. The fourth-order valence-electron chi connectivity index (χ4n) is 2.56. The monoisotopic (exact) mass is 398 g/mol. The number of rotatable bonds is 7. The van der Waals surface area contributed by atoms with Crippen molar-refractivity contribution in [2.75, 3.05) is 18.9 Å². The molecular weight excluding hydrogens is 380 g/mol. The maximum Gasteiger partial charge on any atom is 0.262 e. The lowest BCUT2D eigenvalue weighted by Crippen LogP contribution is -2.13. The van der Waals surface area contributed by atoms with Gasteiger partial charge in [-0.15, -0.1) is 0 Å². The normalized spacial score (nSPS) is 10.9. The van der Waals surface area contributed by atoms with E-state index in [0.717, 1.165) is 0 Å². The van der Waals surface area contributed by atoms with Crippen molar-refractivity contribution in [3.63, 3.8) is 0 Å². The summed E-state index contributed by atoms with van der Waals surface area (Å²) in [4.78, 5) is 16.3. The molecule has 0 spiro atoms. The van der Waals surface area contributed by atoms with Crippen LogP contribution in [0.2, 0.25) is 0 Å². The smallest absolute Gasteiger partial charge is 0.262 e. The summed E-state index contributed by atoms with van der Waals surface area (Å²) in [6, 6.07) is 13.8. The molecule has 28 heavy (non-hydrogen) atoms. The highest BCUT2D eigenvalue weighted by atomic mass is 32.2. The number of sulfonamides is 1. The molecule has 1 N–H and O–H groups in total. The standard InChI is InChI=1S/C20H18N2O5S/c1-26-18-8-7-17(13-19(18)27-2)28(24,25)22-16-5-3-14(4-6-16)20(23)15-9-11-21-12-10-15/h3-13,22H,1-2H3. The number of aromatic nitrogens is 1. The van der Waals surface area contributed by atoms with Gasteiger partial charge in [0.15, 0.2) is 17.3 Å². The van der Waals surface area contributed by atoms with Crippen LogP contribution in [0.3, 0.4) is 0 Å². The Hall–Kier alpha value is -3.39. The molecule has 0 unspecified atom stereocenters. The molecule has 0 aliphatic carbocycles. The maximum absolute atomic E-state index is 12.6. The number of ether oxygens (including phenoxy) is 2. The number of benzene rings is 2. The van der Waals surface area contributed by atoms with E-state index in [1.54, 1.807) is 36.7 Å². The number of carbonyl (C=O) groups excluding carboxylic acids is 1. The van der Waals surface area contributed by atoms with E-state index in [-0.39, 0.29) is 10.7 Å². The van der Waals surface area contributed by atoms with Crippen LogP contribution in [0.5, 0.6) is 11.5 Å². The Morgan fingerprint density at radius 3 is 2.07 bits per heavy atom. The van der Waals surface area contributed by atoms with E-state index in [4.69, 9.17) is 9.47 Å². The minimum absolute atomic E-state index is 0.0297. The van der Waals surface area contributed by atoms with E-state index in [0.29, 0.717) is 28.3 Å². The first-order valence-electron chi connectivity index (χ1n) is 8.24. The van der Waals surface area contributed by atoms with Crippen LogP contribution in [0.25, 0.3) is 0 Å². The molecular formula is C20H18N2O5S. The predicted octanol–water partition coefficient (Wildman–Crippen LogP) is 3.13. The van der Waals surface area contributed by atoms with Crippen LogP contribution >= 0.6 is 0 Å². The Morgan fingerprint density at radius 2 is 1.46 bits per heavy atom. The van der Waals surface area contributed by atoms with E-state index < -0.39 is 10.0 Å². The molecule has 0 aliphatic rings. The molecule has 144 valence electrons.